The molecule has 0 fully saturated rings. The van der Waals surface area contributed by atoms with Crippen LogP contribution in [0, 0.1) is 13.8 Å². The molecule has 2 aromatic heterocycles. The number of pyridine rings is 1. The van der Waals surface area contributed by atoms with Crippen molar-refractivity contribution in [1.29, 1.82) is 0 Å². The van der Waals surface area contributed by atoms with Crippen molar-refractivity contribution in [3.63, 3.8) is 0 Å². The number of hydrogen-bond donors (Lipinski definition) is 11. The van der Waals surface area contributed by atoms with E-state index in [9.17, 15) is 55.9 Å². The first-order chi connectivity index (χ1) is 29.2. The highest BCUT2D eigenvalue weighted by Gasteiger charge is 2.30. The van der Waals surface area contributed by atoms with Crippen molar-refractivity contribution in [3.8, 4) is 5.75 Å². The monoisotopic (exact) mass is 905 g/mol. The number of nitrogens with zero attached hydrogens (tertiary/aromatic N) is 2. The maximum Gasteiger partial charge on any atom is 0.323 e. The summed E-state index contributed by atoms with van der Waals surface area (Å²) in [6.45, 7) is 4.23. The van der Waals surface area contributed by atoms with Gasteiger partial charge in [-0.15, -0.1) is 0 Å². The normalized spacial score (nSPS) is 12.8. The van der Waals surface area contributed by atoms with Gasteiger partial charge in [0, 0.05) is 70.0 Å². The number of fused-ring (bicyclic) bond motifs is 1. The summed E-state index contributed by atoms with van der Waals surface area (Å²) in [6, 6.07) is 4.74. The maximum atomic E-state index is 13.5. The van der Waals surface area contributed by atoms with Gasteiger partial charge in [0.1, 0.15) is 23.4 Å². The minimum atomic E-state index is -4.48. The van der Waals surface area contributed by atoms with Crippen LogP contribution in [-0.4, -0.2) is 115 Å². The number of carbonyl (C=O) groups is 5. The fraction of sp³-hybridized carbons (Fsp3) is 0.395. The van der Waals surface area contributed by atoms with Gasteiger partial charge in [0.2, 0.25) is 33.2 Å². The summed E-state index contributed by atoms with van der Waals surface area (Å²) in [4.78, 5) is 81.9. The van der Waals surface area contributed by atoms with E-state index in [1.807, 2.05) is 0 Å². The molecule has 0 bridgehead atoms. The molecular formula is C38H51N9O13S2. The van der Waals surface area contributed by atoms with Crippen molar-refractivity contribution in [2.45, 2.75) is 63.6 Å². The minimum absolute atomic E-state index is 0.00508. The number of hydrogen-bond acceptors (Lipinski definition) is 14. The lowest BCUT2D eigenvalue weighted by Gasteiger charge is -2.25. The van der Waals surface area contributed by atoms with Crippen molar-refractivity contribution in [3.05, 3.63) is 81.4 Å². The van der Waals surface area contributed by atoms with E-state index in [4.69, 9.17) is 4.74 Å². The second-order valence-corrected chi connectivity index (χ2v) is 17.3. The number of aliphatic carboxylic acids is 1. The van der Waals surface area contributed by atoms with Gasteiger partial charge < -0.3 is 59.6 Å². The highest BCUT2D eigenvalue weighted by atomic mass is 32.3. The number of anilines is 1. The van der Waals surface area contributed by atoms with Crippen LogP contribution >= 0.6 is 10.9 Å². The molecule has 4 amide bonds. The number of amides is 4. The van der Waals surface area contributed by atoms with Crippen LogP contribution in [0.3, 0.4) is 0 Å². The van der Waals surface area contributed by atoms with E-state index >= 15 is 0 Å². The van der Waals surface area contributed by atoms with Crippen LogP contribution in [0.25, 0.3) is 10.9 Å². The number of carboxylic acid groups (broad SMARTS) is 1. The van der Waals surface area contributed by atoms with E-state index in [-0.39, 0.29) is 77.6 Å². The number of aromatic nitrogens is 3. The number of aromatic amines is 1. The van der Waals surface area contributed by atoms with E-state index in [2.05, 4.69) is 41.3 Å². The van der Waals surface area contributed by atoms with Gasteiger partial charge >= 0.3 is 5.97 Å². The maximum absolute atomic E-state index is 13.5. The molecule has 1 unspecified atom stereocenters. The molecule has 4 rings (SSSR count). The Bertz CT molecular complexity index is 2410. The molecule has 0 aliphatic carbocycles. The Hall–Kier alpha value is -6.05. The molecule has 0 saturated heterocycles. The molecule has 2 heterocycles. The Morgan fingerprint density at radius 1 is 0.952 bits per heavy atom. The van der Waals surface area contributed by atoms with E-state index < -0.39 is 74.4 Å². The van der Waals surface area contributed by atoms with E-state index in [0.717, 1.165) is 5.56 Å². The molecule has 62 heavy (non-hydrogen) atoms. The number of carbonyl (C=O) groups excluding carboxylic acids is 4. The summed E-state index contributed by atoms with van der Waals surface area (Å²) in [7, 11) is -6.91. The Kier molecular flexibility index (Phi) is 17.0. The fourth-order valence-electron chi connectivity index (χ4n) is 6.21. The van der Waals surface area contributed by atoms with E-state index in [1.165, 1.54) is 39.1 Å². The Morgan fingerprint density at radius 3 is 2.27 bits per heavy atom. The van der Waals surface area contributed by atoms with Crippen LogP contribution in [0.1, 0.15) is 53.2 Å². The van der Waals surface area contributed by atoms with Crippen LogP contribution in [0.4, 0.5) is 5.95 Å². The SMILES string of the molecule is CCC(=O)NC(CS(O)(O)O)C(=O)NCCNC(=O)CCCOc1cc(C)c(S(=O)(=O)N[C@@H](CNC(=O)c2cn(C)c3cc(CNc4ncc[nH]4)ccc3c2=O)C(=O)O)c(C)c1. The van der Waals surface area contributed by atoms with Gasteiger partial charge in [-0.3, -0.25) is 28.8 Å². The second-order valence-electron chi connectivity index (χ2n) is 14.1. The minimum Gasteiger partial charge on any atom is -0.494 e. The van der Waals surface area contributed by atoms with Crippen molar-refractivity contribution < 1.29 is 55.9 Å². The summed E-state index contributed by atoms with van der Waals surface area (Å²) >= 11 is 0. The lowest BCUT2D eigenvalue weighted by atomic mass is 10.1. The fourth-order valence-corrected chi connectivity index (χ4v) is 8.53. The number of carboxylic acids is 1. The third kappa shape index (κ3) is 14.0. The lowest BCUT2D eigenvalue weighted by molar-refractivity contribution is -0.138. The first-order valence-corrected chi connectivity index (χ1v) is 22.3. The molecule has 0 radical (unpaired) electrons. The summed E-state index contributed by atoms with van der Waals surface area (Å²) in [5.41, 5.74) is 0.960. The van der Waals surface area contributed by atoms with Crippen LogP contribution in [0.2, 0.25) is 0 Å². The van der Waals surface area contributed by atoms with Gasteiger partial charge in [-0.25, -0.2) is 13.4 Å². The van der Waals surface area contributed by atoms with E-state index in [1.54, 1.807) is 42.2 Å². The molecule has 0 spiro atoms. The number of nitrogens with one attached hydrogen (secondary N) is 7. The number of benzene rings is 2. The number of rotatable bonds is 23. The Morgan fingerprint density at radius 2 is 1.65 bits per heavy atom. The largest absolute Gasteiger partial charge is 0.494 e. The zero-order valence-corrected chi connectivity index (χ0v) is 35.9. The average Bonchev–Trinajstić information content (AvgIpc) is 3.72. The topological polar surface area (TPSA) is 332 Å². The summed E-state index contributed by atoms with van der Waals surface area (Å²) in [6.07, 6.45) is 4.89. The number of imidazole rings is 1. The average molecular weight is 906 g/mol. The van der Waals surface area contributed by atoms with Gasteiger partial charge in [-0.05, 0) is 61.2 Å². The van der Waals surface area contributed by atoms with Crippen LogP contribution in [0.15, 0.2) is 58.6 Å². The van der Waals surface area contributed by atoms with Crippen LogP contribution < -0.4 is 41.5 Å². The van der Waals surface area contributed by atoms with E-state index in [0.29, 0.717) is 18.0 Å². The first kappa shape index (κ1) is 48.6. The molecule has 0 aliphatic rings. The Labute approximate surface area is 357 Å². The van der Waals surface area contributed by atoms with Crippen LogP contribution in [-0.2, 0) is 42.8 Å². The predicted octanol–water partition coefficient (Wildman–Crippen LogP) is 1.16. The number of aryl methyl sites for hydroxylation is 3. The smallest absolute Gasteiger partial charge is 0.323 e. The Balaban J connectivity index is 1.27. The molecule has 0 saturated carbocycles. The molecule has 4 aromatic rings. The lowest BCUT2D eigenvalue weighted by Crippen LogP contribution is -2.50. The van der Waals surface area contributed by atoms with Crippen molar-refractivity contribution in [2.24, 2.45) is 7.05 Å². The number of ether oxygens (including phenoxy) is 1. The van der Waals surface area contributed by atoms with Crippen molar-refractivity contribution in [1.82, 2.24) is 40.5 Å². The molecule has 2 aromatic carbocycles. The highest BCUT2D eigenvalue weighted by Crippen LogP contribution is 2.33. The third-order valence-corrected chi connectivity index (χ3v) is 11.7. The van der Waals surface area contributed by atoms with Crippen molar-refractivity contribution >= 4 is 67.3 Å². The zero-order chi connectivity index (χ0) is 45.8. The van der Waals surface area contributed by atoms with Gasteiger partial charge in [-0.1, -0.05) is 13.0 Å². The standard InChI is InChI=1S/C38H51N9O13S2/c1-5-31(48)45-29(21-61(55,56)57)36(52)40-11-10-39-32(49)7-6-14-60-25-15-22(2)34(23(3)16-25)62(58,59)46-28(37(53)54)19-43-35(51)27-20-47(4)30-17-24(8-9-26(30)33(27)50)18-44-38-41-12-13-42-38/h8-9,12-13,15-17,20,28-29,46,55-57H,5-7,10-11,14,18-19,21H2,1-4H3,(H,39,49)(H,40,52)(H,43,51)(H,45,48)(H,53,54)(H2,41,42,44)/t28-,29?/m0/s1. The highest BCUT2D eigenvalue weighted by molar-refractivity contribution is 8.19. The van der Waals surface area contributed by atoms with Crippen molar-refractivity contribution in [2.75, 3.05) is 37.3 Å². The molecule has 22 nitrogen and oxygen atoms in total. The third-order valence-electron chi connectivity index (χ3n) is 9.15. The molecular weight excluding hydrogens is 855 g/mol. The molecule has 11 N–H and O–H groups in total. The molecule has 2 atom stereocenters. The molecule has 338 valence electrons. The zero-order valence-electron chi connectivity index (χ0n) is 34.3. The predicted molar refractivity (Wildman–Crippen MR) is 228 cm³/mol. The van der Waals surface area contributed by atoms with Gasteiger partial charge in [0.25, 0.3) is 5.91 Å². The first-order valence-electron chi connectivity index (χ1n) is 19.1. The second kappa shape index (κ2) is 21.7. The summed E-state index contributed by atoms with van der Waals surface area (Å²) < 4.78 is 64.4. The van der Waals surface area contributed by atoms with Crippen LogP contribution in [0.5, 0.6) is 5.75 Å². The summed E-state index contributed by atoms with van der Waals surface area (Å²) in [5, 5.41) is 22.9. The quantitative estimate of drug-likeness (QED) is 0.0466. The summed E-state index contributed by atoms with van der Waals surface area (Å²) in [5.74, 6) is -4.13. The van der Waals surface area contributed by atoms with Gasteiger partial charge in [-0.2, -0.15) is 4.72 Å². The molecule has 24 heteroatoms. The number of H-pyrrole nitrogens is 1. The van der Waals surface area contributed by atoms with Gasteiger partial charge in [0.05, 0.1) is 33.6 Å². The number of sulfonamides is 1. The van der Waals surface area contributed by atoms with Gasteiger partial charge in [0.15, 0.2) is 5.95 Å². The molecule has 0 aliphatic heterocycles.